The van der Waals surface area contributed by atoms with E-state index >= 15 is 0 Å². The number of halogens is 1. The minimum atomic E-state index is 0. The molecule has 0 amide bonds. The molecule has 1 aromatic heterocycles. The molecule has 0 aliphatic heterocycles. The van der Waals surface area contributed by atoms with Gasteiger partial charge in [-0.2, -0.15) is 0 Å². The third kappa shape index (κ3) is 9.20. The molecule has 0 spiro atoms. The van der Waals surface area contributed by atoms with Gasteiger partial charge in [-0.3, -0.25) is 0 Å². The summed E-state index contributed by atoms with van der Waals surface area (Å²) in [4.78, 5) is 6.83. The Bertz CT molecular complexity index is 562. The lowest BCUT2D eigenvalue weighted by Crippen LogP contribution is -2.41. The Labute approximate surface area is 180 Å². The van der Waals surface area contributed by atoms with E-state index in [1.807, 2.05) is 32.5 Å². The van der Waals surface area contributed by atoms with Gasteiger partial charge in [0.25, 0.3) is 0 Å². The van der Waals surface area contributed by atoms with Crippen molar-refractivity contribution in [2.24, 2.45) is 18.0 Å². The van der Waals surface area contributed by atoms with Crippen molar-refractivity contribution in [3.63, 3.8) is 0 Å². The SMILES string of the molecule is CCOCCCNC(=NCc1nnc(C)n1C)N(C)CCOCC1CC1.I. The van der Waals surface area contributed by atoms with Gasteiger partial charge in [0.1, 0.15) is 12.4 Å². The summed E-state index contributed by atoms with van der Waals surface area (Å²) in [5.74, 6) is 3.40. The molecule has 0 saturated heterocycles. The van der Waals surface area contributed by atoms with Crippen LogP contribution in [0.5, 0.6) is 0 Å². The summed E-state index contributed by atoms with van der Waals surface area (Å²) in [6, 6.07) is 0. The predicted octanol–water partition coefficient (Wildman–Crippen LogP) is 1.97. The van der Waals surface area contributed by atoms with Crippen LogP contribution in [-0.2, 0) is 23.1 Å². The molecule has 1 aliphatic carbocycles. The predicted molar refractivity (Wildman–Crippen MR) is 118 cm³/mol. The lowest BCUT2D eigenvalue weighted by atomic mass is 10.4. The third-order valence-corrected chi connectivity index (χ3v) is 4.49. The molecule has 1 aliphatic rings. The van der Waals surface area contributed by atoms with Crippen molar-refractivity contribution >= 4 is 29.9 Å². The number of rotatable bonds is 12. The zero-order valence-corrected chi connectivity index (χ0v) is 19.4. The van der Waals surface area contributed by atoms with Crippen LogP contribution in [0.15, 0.2) is 4.99 Å². The molecule has 8 nitrogen and oxygen atoms in total. The molecule has 0 atom stereocenters. The highest BCUT2D eigenvalue weighted by Crippen LogP contribution is 2.28. The van der Waals surface area contributed by atoms with Crippen LogP contribution in [-0.4, -0.2) is 72.2 Å². The second kappa shape index (κ2) is 13.3. The molecule has 1 heterocycles. The van der Waals surface area contributed by atoms with Crippen molar-refractivity contribution < 1.29 is 9.47 Å². The second-order valence-corrected chi connectivity index (χ2v) is 6.78. The highest BCUT2D eigenvalue weighted by Gasteiger charge is 2.21. The van der Waals surface area contributed by atoms with Crippen molar-refractivity contribution in [3.8, 4) is 0 Å². The fourth-order valence-corrected chi connectivity index (χ4v) is 2.41. The number of nitrogens with one attached hydrogen (secondary N) is 1. The smallest absolute Gasteiger partial charge is 0.194 e. The number of guanidine groups is 1. The van der Waals surface area contributed by atoms with Crippen LogP contribution in [0.3, 0.4) is 0 Å². The van der Waals surface area contributed by atoms with E-state index < -0.39 is 0 Å². The summed E-state index contributed by atoms with van der Waals surface area (Å²) in [6.45, 7) is 9.20. The molecule has 1 fully saturated rings. The molecule has 0 unspecified atom stereocenters. The van der Waals surface area contributed by atoms with Crippen molar-refractivity contribution in [2.75, 3.05) is 46.6 Å². The van der Waals surface area contributed by atoms with Gasteiger partial charge in [-0.1, -0.05) is 0 Å². The maximum absolute atomic E-state index is 5.75. The average Bonchev–Trinajstić information content (AvgIpc) is 3.41. The quantitative estimate of drug-likeness (QED) is 0.207. The summed E-state index contributed by atoms with van der Waals surface area (Å²) < 4.78 is 13.1. The first-order valence-corrected chi connectivity index (χ1v) is 9.61. The van der Waals surface area contributed by atoms with Crippen LogP contribution in [0.4, 0.5) is 0 Å². The normalized spacial score (nSPS) is 14.1. The van der Waals surface area contributed by atoms with Gasteiger partial charge in [0, 0.05) is 47.0 Å². The van der Waals surface area contributed by atoms with E-state index in [0.29, 0.717) is 6.54 Å². The van der Waals surface area contributed by atoms with E-state index in [-0.39, 0.29) is 24.0 Å². The second-order valence-electron chi connectivity index (χ2n) is 6.78. The van der Waals surface area contributed by atoms with Gasteiger partial charge >= 0.3 is 0 Å². The van der Waals surface area contributed by atoms with Crippen LogP contribution in [0.1, 0.15) is 37.8 Å². The monoisotopic (exact) mass is 494 g/mol. The maximum Gasteiger partial charge on any atom is 0.194 e. The van der Waals surface area contributed by atoms with E-state index in [0.717, 1.165) is 69.5 Å². The van der Waals surface area contributed by atoms with Crippen molar-refractivity contribution in [1.82, 2.24) is 25.0 Å². The van der Waals surface area contributed by atoms with E-state index in [9.17, 15) is 0 Å². The third-order valence-electron chi connectivity index (χ3n) is 4.49. The molecule has 0 aromatic carbocycles. The number of hydrogen-bond donors (Lipinski definition) is 1. The molecule has 156 valence electrons. The molecule has 0 bridgehead atoms. The summed E-state index contributed by atoms with van der Waals surface area (Å²) >= 11 is 0. The van der Waals surface area contributed by atoms with Crippen LogP contribution in [0.2, 0.25) is 0 Å². The Hall–Kier alpha value is -0.940. The molecule has 2 rings (SSSR count). The molecule has 1 N–H and O–H groups in total. The fraction of sp³-hybridized carbons (Fsp3) is 0.833. The van der Waals surface area contributed by atoms with Gasteiger partial charge in [-0.15, -0.1) is 34.2 Å². The highest BCUT2D eigenvalue weighted by atomic mass is 127. The van der Waals surface area contributed by atoms with Crippen molar-refractivity contribution in [3.05, 3.63) is 11.6 Å². The Morgan fingerprint density at radius 1 is 1.30 bits per heavy atom. The Morgan fingerprint density at radius 3 is 2.70 bits per heavy atom. The number of hydrogen-bond acceptors (Lipinski definition) is 5. The lowest BCUT2D eigenvalue weighted by molar-refractivity contribution is 0.115. The number of aryl methyl sites for hydroxylation is 1. The molecular formula is C18H35IN6O2. The number of likely N-dealkylation sites (N-methyl/N-ethyl adjacent to an activating group) is 1. The molecule has 1 aromatic rings. The Morgan fingerprint density at radius 2 is 2.07 bits per heavy atom. The number of ether oxygens (including phenoxy) is 2. The topological polar surface area (TPSA) is 76.8 Å². The largest absolute Gasteiger partial charge is 0.382 e. The Kier molecular flexibility index (Phi) is 11.8. The summed E-state index contributed by atoms with van der Waals surface area (Å²) in [5, 5.41) is 11.7. The van der Waals surface area contributed by atoms with Crippen LogP contribution >= 0.6 is 24.0 Å². The van der Waals surface area contributed by atoms with Crippen LogP contribution in [0, 0.1) is 12.8 Å². The van der Waals surface area contributed by atoms with E-state index in [1.54, 1.807) is 0 Å². The number of nitrogens with zero attached hydrogens (tertiary/aromatic N) is 5. The maximum atomic E-state index is 5.75. The zero-order chi connectivity index (χ0) is 18.8. The fourth-order valence-electron chi connectivity index (χ4n) is 2.41. The van der Waals surface area contributed by atoms with Crippen LogP contribution < -0.4 is 5.32 Å². The standard InChI is InChI=1S/C18H34N6O2.HI/c1-5-25-11-6-9-19-18(20-13-17-22-21-15(2)24(17)4)23(3)10-12-26-14-16-7-8-16;/h16H,5-14H2,1-4H3,(H,19,20);1H. The van der Waals surface area contributed by atoms with Gasteiger partial charge in [0.05, 0.1) is 6.61 Å². The molecule has 27 heavy (non-hydrogen) atoms. The van der Waals surface area contributed by atoms with Gasteiger partial charge in [-0.05, 0) is 39.0 Å². The summed E-state index contributed by atoms with van der Waals surface area (Å²) in [5.41, 5.74) is 0. The van der Waals surface area contributed by atoms with Crippen molar-refractivity contribution in [2.45, 2.75) is 39.7 Å². The van der Waals surface area contributed by atoms with Crippen LogP contribution in [0.25, 0.3) is 0 Å². The first kappa shape index (κ1) is 24.1. The summed E-state index contributed by atoms with van der Waals surface area (Å²) in [6.07, 6.45) is 3.59. The van der Waals surface area contributed by atoms with Crippen molar-refractivity contribution in [1.29, 1.82) is 0 Å². The first-order chi connectivity index (χ1) is 12.6. The first-order valence-electron chi connectivity index (χ1n) is 9.61. The van der Waals surface area contributed by atoms with Gasteiger partial charge < -0.3 is 24.3 Å². The van der Waals surface area contributed by atoms with Gasteiger partial charge in [0.2, 0.25) is 0 Å². The minimum absolute atomic E-state index is 0. The lowest BCUT2D eigenvalue weighted by Gasteiger charge is -2.22. The molecule has 0 radical (unpaired) electrons. The molecule has 1 saturated carbocycles. The molecular weight excluding hydrogens is 459 g/mol. The number of aromatic nitrogens is 3. The molecule has 9 heteroatoms. The minimum Gasteiger partial charge on any atom is -0.382 e. The van der Waals surface area contributed by atoms with Gasteiger partial charge in [0.15, 0.2) is 11.8 Å². The van der Waals surface area contributed by atoms with E-state index in [1.165, 1.54) is 12.8 Å². The Balaban J connectivity index is 0.00000364. The number of aliphatic imine (C=N–C) groups is 1. The zero-order valence-electron chi connectivity index (χ0n) is 17.1. The van der Waals surface area contributed by atoms with E-state index in [4.69, 9.17) is 14.5 Å². The van der Waals surface area contributed by atoms with E-state index in [2.05, 4.69) is 20.4 Å². The van der Waals surface area contributed by atoms with Gasteiger partial charge in [-0.25, -0.2) is 4.99 Å². The highest BCUT2D eigenvalue weighted by molar-refractivity contribution is 14.0. The average molecular weight is 494 g/mol. The summed E-state index contributed by atoms with van der Waals surface area (Å²) in [7, 11) is 4.00.